The van der Waals surface area contributed by atoms with Gasteiger partial charge in [0, 0.05) is 12.1 Å². The minimum absolute atomic E-state index is 0.0373. The molecule has 0 radical (unpaired) electrons. The molecular formula is C14H11FN2O5. The van der Waals surface area contributed by atoms with Crippen molar-refractivity contribution < 1.29 is 23.7 Å². The highest BCUT2D eigenvalue weighted by Gasteiger charge is 2.08. The third-order valence-electron chi connectivity index (χ3n) is 2.57. The highest BCUT2D eigenvalue weighted by molar-refractivity contribution is 5.69. The fraction of sp³-hybridized carbons (Fsp3) is 0.0714. The Labute approximate surface area is 124 Å². The van der Waals surface area contributed by atoms with Crippen LogP contribution in [0.3, 0.4) is 0 Å². The van der Waals surface area contributed by atoms with Gasteiger partial charge in [0.1, 0.15) is 11.6 Å². The Morgan fingerprint density at radius 1 is 1.14 bits per heavy atom. The number of nitrogens with one attached hydrogen (secondary N) is 1. The molecule has 0 bridgehead atoms. The van der Waals surface area contributed by atoms with Crippen LogP contribution in [0.4, 0.5) is 14.9 Å². The summed E-state index contributed by atoms with van der Waals surface area (Å²) < 4.78 is 17.5. The molecular weight excluding hydrogens is 295 g/mol. The number of amides is 1. The Morgan fingerprint density at radius 3 is 2.36 bits per heavy atom. The second-order valence-corrected chi connectivity index (χ2v) is 4.16. The molecule has 0 saturated carbocycles. The van der Waals surface area contributed by atoms with Gasteiger partial charge in [0.2, 0.25) is 0 Å². The van der Waals surface area contributed by atoms with E-state index in [0.717, 1.165) is 0 Å². The van der Waals surface area contributed by atoms with Crippen LogP contribution >= 0.6 is 0 Å². The predicted molar refractivity (Wildman–Crippen MR) is 73.4 cm³/mol. The number of hydrogen-bond donors (Lipinski definition) is 1. The van der Waals surface area contributed by atoms with Crippen molar-refractivity contribution in [3.8, 4) is 5.75 Å². The lowest BCUT2D eigenvalue weighted by atomic mass is 10.2. The summed E-state index contributed by atoms with van der Waals surface area (Å²) in [6.45, 7) is 0.0373. The van der Waals surface area contributed by atoms with Crippen molar-refractivity contribution in [3.63, 3.8) is 0 Å². The molecule has 0 atom stereocenters. The lowest BCUT2D eigenvalue weighted by Crippen LogP contribution is -2.26. The number of ether oxygens (including phenoxy) is 1. The first-order chi connectivity index (χ1) is 10.5. The first kappa shape index (κ1) is 15.4. The molecule has 7 nitrogen and oxygen atoms in total. The third-order valence-corrected chi connectivity index (χ3v) is 2.57. The monoisotopic (exact) mass is 306 g/mol. The average Bonchev–Trinajstić information content (AvgIpc) is 2.50. The van der Waals surface area contributed by atoms with Gasteiger partial charge >= 0.3 is 6.09 Å². The summed E-state index contributed by atoms with van der Waals surface area (Å²) >= 11 is 0. The molecule has 0 fully saturated rings. The highest BCUT2D eigenvalue weighted by Crippen LogP contribution is 2.17. The minimum atomic E-state index is -0.879. The number of carbonyl (C=O) groups excluding carboxylic acids is 1. The number of carbonyl (C=O) groups is 1. The molecule has 0 unspecified atom stereocenters. The van der Waals surface area contributed by atoms with Crippen molar-refractivity contribution >= 4 is 11.8 Å². The van der Waals surface area contributed by atoms with Crippen molar-refractivity contribution in [1.29, 1.82) is 0 Å². The van der Waals surface area contributed by atoms with Gasteiger partial charge in [0.25, 0.3) is 5.69 Å². The Kier molecular flexibility index (Phi) is 4.99. The topological polar surface area (TPSA) is 90.7 Å². The molecule has 0 heterocycles. The number of benzene rings is 2. The van der Waals surface area contributed by atoms with Crippen LogP contribution in [0.1, 0.15) is 5.56 Å². The van der Waals surface area contributed by atoms with E-state index >= 15 is 0 Å². The van der Waals surface area contributed by atoms with E-state index in [0.29, 0.717) is 5.56 Å². The van der Waals surface area contributed by atoms with Crippen LogP contribution in [0.15, 0.2) is 48.5 Å². The smallest absolute Gasteiger partial charge is 0.409 e. The standard InChI is InChI=1S/C14H11FN2O5/c15-11-3-1-10(2-4-11)9-21-16-14(18)22-13-7-5-12(6-8-13)17(19)20/h1-8H,9H2,(H,16,18). The third kappa shape index (κ3) is 4.53. The number of nitrogens with zero attached hydrogens (tertiary/aromatic N) is 1. The number of halogens is 1. The quantitative estimate of drug-likeness (QED) is 0.677. The Hall–Kier alpha value is -3.00. The summed E-state index contributed by atoms with van der Waals surface area (Å²) in [7, 11) is 0. The number of nitro groups is 1. The molecule has 114 valence electrons. The second-order valence-electron chi connectivity index (χ2n) is 4.16. The lowest BCUT2D eigenvalue weighted by molar-refractivity contribution is -0.384. The van der Waals surface area contributed by atoms with Gasteiger partial charge in [-0.15, -0.1) is 0 Å². The largest absolute Gasteiger partial charge is 0.436 e. The fourth-order valence-electron chi connectivity index (χ4n) is 1.52. The molecule has 2 aromatic carbocycles. The van der Waals surface area contributed by atoms with E-state index in [1.165, 1.54) is 48.5 Å². The van der Waals surface area contributed by atoms with Gasteiger partial charge in [-0.05, 0) is 29.8 Å². The lowest BCUT2D eigenvalue weighted by Gasteiger charge is -2.07. The maximum atomic E-state index is 12.7. The molecule has 0 aliphatic carbocycles. The average molecular weight is 306 g/mol. The maximum Gasteiger partial charge on any atom is 0.436 e. The summed E-state index contributed by atoms with van der Waals surface area (Å²) in [6, 6.07) is 10.6. The molecule has 2 aromatic rings. The van der Waals surface area contributed by atoms with Gasteiger partial charge in [-0.25, -0.2) is 9.18 Å². The van der Waals surface area contributed by atoms with Crippen LogP contribution in [-0.2, 0) is 11.4 Å². The predicted octanol–water partition coefficient (Wildman–Crippen LogP) is 2.95. The minimum Gasteiger partial charge on any atom is -0.409 e. The first-order valence-corrected chi connectivity index (χ1v) is 6.13. The summed E-state index contributed by atoms with van der Waals surface area (Å²) in [4.78, 5) is 26.2. The van der Waals surface area contributed by atoms with Gasteiger partial charge in [-0.2, -0.15) is 5.48 Å². The molecule has 0 aromatic heterocycles. The number of non-ortho nitro benzene ring substituents is 1. The summed E-state index contributed by atoms with van der Waals surface area (Å²) in [5, 5.41) is 10.5. The second kappa shape index (κ2) is 7.14. The number of hydroxylamine groups is 1. The van der Waals surface area contributed by atoms with Gasteiger partial charge < -0.3 is 4.74 Å². The van der Waals surface area contributed by atoms with E-state index in [-0.39, 0.29) is 23.9 Å². The van der Waals surface area contributed by atoms with Gasteiger partial charge in [0.15, 0.2) is 0 Å². The Bertz CT molecular complexity index is 658. The summed E-state index contributed by atoms with van der Waals surface area (Å²) in [5.74, 6) is -0.234. The van der Waals surface area contributed by atoms with Crippen molar-refractivity contribution in [2.45, 2.75) is 6.61 Å². The SMILES string of the molecule is O=C(NOCc1ccc(F)cc1)Oc1ccc([N+](=O)[O-])cc1. The summed E-state index contributed by atoms with van der Waals surface area (Å²) in [5.41, 5.74) is 2.60. The van der Waals surface area contributed by atoms with Crippen molar-refractivity contribution in [3.05, 3.63) is 70.0 Å². The number of hydrogen-bond acceptors (Lipinski definition) is 5. The van der Waals surface area contributed by atoms with Crippen LogP contribution in [0.2, 0.25) is 0 Å². The van der Waals surface area contributed by atoms with Gasteiger partial charge in [0.05, 0.1) is 11.5 Å². The molecule has 1 amide bonds. The zero-order valence-corrected chi connectivity index (χ0v) is 11.2. The van der Waals surface area contributed by atoms with Gasteiger partial charge in [-0.3, -0.25) is 15.0 Å². The number of nitro benzene ring substituents is 1. The van der Waals surface area contributed by atoms with Crippen molar-refractivity contribution in [2.75, 3.05) is 0 Å². The van der Waals surface area contributed by atoms with Crippen molar-refractivity contribution in [2.24, 2.45) is 0 Å². The molecule has 0 aliphatic rings. The number of rotatable bonds is 5. The summed E-state index contributed by atoms with van der Waals surface area (Å²) in [6.07, 6.45) is -0.879. The molecule has 0 saturated heterocycles. The fourth-order valence-corrected chi connectivity index (χ4v) is 1.52. The molecule has 0 aliphatic heterocycles. The zero-order chi connectivity index (χ0) is 15.9. The Morgan fingerprint density at radius 2 is 1.77 bits per heavy atom. The van der Waals surface area contributed by atoms with Crippen molar-refractivity contribution in [1.82, 2.24) is 5.48 Å². The van der Waals surface area contributed by atoms with E-state index in [2.05, 4.69) is 0 Å². The first-order valence-electron chi connectivity index (χ1n) is 6.13. The van der Waals surface area contributed by atoms with E-state index in [4.69, 9.17) is 9.57 Å². The van der Waals surface area contributed by atoms with Crippen LogP contribution in [-0.4, -0.2) is 11.0 Å². The van der Waals surface area contributed by atoms with E-state index in [1.54, 1.807) is 0 Å². The molecule has 22 heavy (non-hydrogen) atoms. The highest BCUT2D eigenvalue weighted by atomic mass is 19.1. The molecule has 1 N–H and O–H groups in total. The zero-order valence-electron chi connectivity index (χ0n) is 11.2. The van der Waals surface area contributed by atoms with Crippen LogP contribution in [0.5, 0.6) is 5.75 Å². The molecule has 0 spiro atoms. The van der Waals surface area contributed by atoms with Gasteiger partial charge in [-0.1, -0.05) is 12.1 Å². The van der Waals surface area contributed by atoms with Crippen LogP contribution in [0.25, 0.3) is 0 Å². The van der Waals surface area contributed by atoms with Crippen LogP contribution < -0.4 is 10.2 Å². The normalized spacial score (nSPS) is 10.0. The Balaban J connectivity index is 1.77. The van der Waals surface area contributed by atoms with E-state index in [1.807, 2.05) is 5.48 Å². The molecule has 2 rings (SSSR count). The van der Waals surface area contributed by atoms with E-state index in [9.17, 15) is 19.3 Å². The maximum absolute atomic E-state index is 12.7. The van der Waals surface area contributed by atoms with E-state index < -0.39 is 11.0 Å². The molecule has 8 heteroatoms. The van der Waals surface area contributed by atoms with Crippen LogP contribution in [0, 0.1) is 15.9 Å².